The molecule has 0 saturated heterocycles. The van der Waals surface area contributed by atoms with E-state index in [0.717, 1.165) is 29.5 Å². The summed E-state index contributed by atoms with van der Waals surface area (Å²) in [6.07, 6.45) is 3.10. The third kappa shape index (κ3) is 2.47. The Morgan fingerprint density at radius 1 is 1.60 bits per heavy atom. The summed E-state index contributed by atoms with van der Waals surface area (Å²) in [6, 6.07) is 0. The van der Waals surface area contributed by atoms with Crippen molar-refractivity contribution in [1.82, 2.24) is 9.97 Å². The van der Waals surface area contributed by atoms with Crippen LogP contribution in [0.3, 0.4) is 0 Å². The molecule has 1 aliphatic carbocycles. The fourth-order valence-corrected chi connectivity index (χ4v) is 4.58. The molecule has 20 heavy (non-hydrogen) atoms. The average Bonchev–Trinajstić information content (AvgIpc) is 2.73. The van der Waals surface area contributed by atoms with Gasteiger partial charge in [0.25, 0.3) is 5.56 Å². The Morgan fingerprint density at radius 3 is 3.15 bits per heavy atom. The Kier molecular flexibility index (Phi) is 3.55. The summed E-state index contributed by atoms with van der Waals surface area (Å²) >= 11 is 2.77. The van der Waals surface area contributed by atoms with Crippen molar-refractivity contribution in [3.05, 3.63) is 20.8 Å². The van der Waals surface area contributed by atoms with Gasteiger partial charge in [0, 0.05) is 4.88 Å². The molecule has 2 aromatic heterocycles. The SMILES string of the molecule is C[C@@H]1CCc2c(sc3nc(SCC(N)=O)[nH]c(=O)c23)C1. The molecule has 0 unspecified atom stereocenters. The maximum atomic E-state index is 12.2. The standard InChI is InChI=1S/C13H15N3O2S2/c1-6-2-3-7-8(4-6)20-12-10(7)11(18)15-13(16-12)19-5-9(14)17/h6H,2-5H2,1H3,(H2,14,17)(H,15,16,18)/t6-/m1/s1. The lowest BCUT2D eigenvalue weighted by atomic mass is 9.89. The number of nitrogens with zero attached hydrogens (tertiary/aromatic N) is 1. The van der Waals surface area contributed by atoms with Gasteiger partial charge in [-0.15, -0.1) is 11.3 Å². The topological polar surface area (TPSA) is 88.8 Å². The van der Waals surface area contributed by atoms with Crippen LogP contribution in [0.2, 0.25) is 0 Å². The molecule has 0 radical (unpaired) electrons. The lowest BCUT2D eigenvalue weighted by Gasteiger charge is -2.17. The number of nitrogens with one attached hydrogen (secondary N) is 1. The number of aromatic amines is 1. The highest BCUT2D eigenvalue weighted by Crippen LogP contribution is 2.35. The molecule has 0 bridgehead atoms. The number of hydrogen-bond acceptors (Lipinski definition) is 5. The van der Waals surface area contributed by atoms with E-state index in [0.29, 0.717) is 11.1 Å². The number of carbonyl (C=O) groups is 1. The van der Waals surface area contributed by atoms with Gasteiger partial charge in [-0.25, -0.2) is 4.98 Å². The molecule has 0 aromatic carbocycles. The zero-order chi connectivity index (χ0) is 14.3. The van der Waals surface area contributed by atoms with Crippen molar-refractivity contribution in [3.63, 3.8) is 0 Å². The molecule has 1 amide bonds. The minimum atomic E-state index is -0.419. The fourth-order valence-electron chi connectivity index (χ4n) is 2.54. The second kappa shape index (κ2) is 5.21. The molecule has 1 aliphatic rings. The Morgan fingerprint density at radius 2 is 2.40 bits per heavy atom. The zero-order valence-corrected chi connectivity index (χ0v) is 12.7. The Balaban J connectivity index is 2.05. The number of aryl methyl sites for hydroxylation is 1. The summed E-state index contributed by atoms with van der Waals surface area (Å²) < 4.78 is 0. The normalized spacial score (nSPS) is 18.1. The van der Waals surface area contributed by atoms with Crippen LogP contribution < -0.4 is 11.3 Å². The van der Waals surface area contributed by atoms with Gasteiger partial charge in [-0.05, 0) is 30.7 Å². The van der Waals surface area contributed by atoms with Crippen LogP contribution in [0.1, 0.15) is 23.8 Å². The van der Waals surface area contributed by atoms with Crippen molar-refractivity contribution in [3.8, 4) is 0 Å². The third-order valence-corrected chi connectivity index (χ3v) is 5.54. The predicted molar refractivity (Wildman–Crippen MR) is 81.3 cm³/mol. The van der Waals surface area contributed by atoms with E-state index in [1.54, 1.807) is 11.3 Å². The number of primary amides is 1. The van der Waals surface area contributed by atoms with Gasteiger partial charge in [-0.1, -0.05) is 18.7 Å². The summed E-state index contributed by atoms with van der Waals surface area (Å²) in [5.74, 6) is 0.367. The average molecular weight is 309 g/mol. The highest BCUT2D eigenvalue weighted by molar-refractivity contribution is 7.99. The van der Waals surface area contributed by atoms with Gasteiger partial charge in [0.15, 0.2) is 5.16 Å². The number of aromatic nitrogens is 2. The number of thioether (sulfide) groups is 1. The molecular weight excluding hydrogens is 294 g/mol. The number of amides is 1. The second-order valence-electron chi connectivity index (χ2n) is 5.16. The Hall–Kier alpha value is -1.34. The monoisotopic (exact) mass is 309 g/mol. The van der Waals surface area contributed by atoms with Crippen molar-refractivity contribution in [2.45, 2.75) is 31.3 Å². The molecule has 3 N–H and O–H groups in total. The first-order valence-corrected chi connectivity index (χ1v) is 8.30. The van der Waals surface area contributed by atoms with Crippen molar-refractivity contribution < 1.29 is 4.79 Å². The Labute approximate surface area is 124 Å². The van der Waals surface area contributed by atoms with E-state index < -0.39 is 5.91 Å². The summed E-state index contributed by atoms with van der Waals surface area (Å²) in [7, 11) is 0. The fraction of sp³-hybridized carbons (Fsp3) is 0.462. The number of thiophene rings is 1. The van der Waals surface area contributed by atoms with Gasteiger partial charge in [0.2, 0.25) is 5.91 Å². The van der Waals surface area contributed by atoms with Crippen molar-refractivity contribution in [1.29, 1.82) is 0 Å². The third-order valence-electron chi connectivity index (χ3n) is 3.49. The first kappa shape index (κ1) is 13.6. The number of nitrogens with two attached hydrogens (primary N) is 1. The summed E-state index contributed by atoms with van der Waals surface area (Å²) in [5.41, 5.74) is 6.18. The highest BCUT2D eigenvalue weighted by atomic mass is 32.2. The molecule has 0 aliphatic heterocycles. The van der Waals surface area contributed by atoms with Crippen LogP contribution in [-0.2, 0) is 17.6 Å². The van der Waals surface area contributed by atoms with Crippen LogP contribution in [0.15, 0.2) is 9.95 Å². The van der Waals surface area contributed by atoms with Crippen LogP contribution in [0.25, 0.3) is 10.2 Å². The lowest BCUT2D eigenvalue weighted by molar-refractivity contribution is -0.115. The van der Waals surface area contributed by atoms with E-state index in [4.69, 9.17) is 5.73 Å². The van der Waals surface area contributed by atoms with E-state index in [9.17, 15) is 9.59 Å². The van der Waals surface area contributed by atoms with Crippen molar-refractivity contribution in [2.75, 3.05) is 5.75 Å². The first-order chi connectivity index (χ1) is 9.54. The molecule has 2 heterocycles. The van der Waals surface area contributed by atoms with Gasteiger partial charge in [-0.3, -0.25) is 9.59 Å². The van der Waals surface area contributed by atoms with Gasteiger partial charge in [-0.2, -0.15) is 0 Å². The molecule has 1 atom stereocenters. The summed E-state index contributed by atoms with van der Waals surface area (Å²) in [4.78, 5) is 32.3. The quantitative estimate of drug-likeness (QED) is 0.667. The number of H-pyrrole nitrogens is 1. The molecule has 0 fully saturated rings. The van der Waals surface area contributed by atoms with Crippen molar-refractivity contribution in [2.24, 2.45) is 11.7 Å². The largest absolute Gasteiger partial charge is 0.369 e. The number of carbonyl (C=O) groups excluding carboxylic acids is 1. The zero-order valence-electron chi connectivity index (χ0n) is 11.1. The summed E-state index contributed by atoms with van der Waals surface area (Å²) in [5, 5.41) is 1.20. The maximum absolute atomic E-state index is 12.2. The molecule has 7 heteroatoms. The first-order valence-electron chi connectivity index (χ1n) is 6.50. The maximum Gasteiger partial charge on any atom is 0.260 e. The van der Waals surface area contributed by atoms with Crippen LogP contribution >= 0.6 is 23.1 Å². The lowest BCUT2D eigenvalue weighted by Crippen LogP contribution is -2.15. The van der Waals surface area contributed by atoms with Crippen LogP contribution in [0.4, 0.5) is 0 Å². The van der Waals surface area contributed by atoms with Crippen LogP contribution in [0.5, 0.6) is 0 Å². The van der Waals surface area contributed by atoms with E-state index in [1.807, 2.05) is 0 Å². The number of rotatable bonds is 3. The molecule has 5 nitrogen and oxygen atoms in total. The van der Waals surface area contributed by atoms with Gasteiger partial charge in [0.05, 0.1) is 11.1 Å². The van der Waals surface area contributed by atoms with Gasteiger partial charge < -0.3 is 10.7 Å². The molecular formula is C13H15N3O2S2. The molecule has 2 aromatic rings. The van der Waals surface area contributed by atoms with Gasteiger partial charge >= 0.3 is 0 Å². The molecule has 0 saturated carbocycles. The molecule has 106 valence electrons. The van der Waals surface area contributed by atoms with Gasteiger partial charge in [0.1, 0.15) is 4.83 Å². The highest BCUT2D eigenvalue weighted by Gasteiger charge is 2.23. The van der Waals surface area contributed by atoms with Crippen LogP contribution in [-0.4, -0.2) is 21.6 Å². The van der Waals surface area contributed by atoms with E-state index >= 15 is 0 Å². The second-order valence-corrected chi connectivity index (χ2v) is 7.21. The smallest absolute Gasteiger partial charge is 0.260 e. The predicted octanol–water partition coefficient (Wildman–Crippen LogP) is 1.69. The Bertz CT molecular complexity index is 735. The van der Waals surface area contributed by atoms with E-state index in [-0.39, 0.29) is 11.3 Å². The number of hydrogen-bond donors (Lipinski definition) is 2. The van der Waals surface area contributed by atoms with Crippen molar-refractivity contribution >= 4 is 39.2 Å². The summed E-state index contributed by atoms with van der Waals surface area (Å²) in [6.45, 7) is 2.24. The minimum absolute atomic E-state index is 0.103. The van der Waals surface area contributed by atoms with E-state index in [1.165, 1.54) is 22.2 Å². The van der Waals surface area contributed by atoms with E-state index in [2.05, 4.69) is 16.9 Å². The number of fused-ring (bicyclic) bond motifs is 3. The minimum Gasteiger partial charge on any atom is -0.369 e. The molecule has 0 spiro atoms. The van der Waals surface area contributed by atoms with Crippen LogP contribution in [0, 0.1) is 5.92 Å². The molecule has 3 rings (SSSR count).